The van der Waals surface area contributed by atoms with Crippen molar-refractivity contribution in [1.29, 1.82) is 0 Å². The molecule has 0 aliphatic rings. The van der Waals surface area contributed by atoms with E-state index >= 15 is 0 Å². The van der Waals surface area contributed by atoms with Crippen LogP contribution in [0.3, 0.4) is 0 Å². The highest BCUT2D eigenvalue weighted by Gasteiger charge is 2.19. The van der Waals surface area contributed by atoms with E-state index in [4.69, 9.17) is 4.98 Å². The maximum atomic E-state index is 5.40. The van der Waals surface area contributed by atoms with Gasteiger partial charge in [-0.05, 0) is 103 Å². The Morgan fingerprint density at radius 2 is 0.677 bits per heavy atom. The number of rotatable bonds is 5. The van der Waals surface area contributed by atoms with Crippen LogP contribution in [0.1, 0.15) is 0 Å². The van der Waals surface area contributed by atoms with Crippen LogP contribution in [0.4, 0.5) is 0 Å². The molecule has 0 amide bonds. The molecule has 0 N–H and O–H groups in total. The molecular weight excluding hydrogens is 751 g/mol. The van der Waals surface area contributed by atoms with Crippen molar-refractivity contribution in [2.45, 2.75) is 0 Å². The van der Waals surface area contributed by atoms with Gasteiger partial charge in [-0.25, -0.2) is 4.98 Å². The molecule has 3 aromatic heterocycles. The Labute approximate surface area is 358 Å². The highest BCUT2D eigenvalue weighted by molar-refractivity contribution is 6.25. The summed E-state index contributed by atoms with van der Waals surface area (Å²) in [5.41, 5.74) is 12.4. The third kappa shape index (κ3) is 5.28. The van der Waals surface area contributed by atoms with Gasteiger partial charge in [-0.15, -0.1) is 0 Å². The Balaban J connectivity index is 1.03. The van der Waals surface area contributed by atoms with Gasteiger partial charge in [0.2, 0.25) is 0 Å². The van der Waals surface area contributed by atoms with Gasteiger partial charge in [-0.1, -0.05) is 176 Å². The molecule has 0 atom stereocenters. The Kier molecular flexibility index (Phi) is 7.60. The number of hydrogen-bond donors (Lipinski definition) is 0. The van der Waals surface area contributed by atoms with Crippen molar-refractivity contribution < 1.29 is 0 Å². The maximum absolute atomic E-state index is 5.40. The second-order valence-electron chi connectivity index (χ2n) is 16.3. The number of para-hydroxylation sites is 2. The summed E-state index contributed by atoms with van der Waals surface area (Å²) in [4.78, 5) is 5.40. The molecule has 0 unspecified atom stereocenters. The lowest BCUT2D eigenvalue weighted by Crippen LogP contribution is -2.00. The number of hydrogen-bond acceptors (Lipinski definition) is 1. The third-order valence-electron chi connectivity index (χ3n) is 12.9. The minimum absolute atomic E-state index is 0.890. The lowest BCUT2D eigenvalue weighted by Gasteiger charge is -2.14. The molecule has 3 heteroatoms. The molecule has 0 radical (unpaired) electrons. The van der Waals surface area contributed by atoms with Gasteiger partial charge in [0, 0.05) is 32.8 Å². The van der Waals surface area contributed by atoms with Gasteiger partial charge in [-0.3, -0.25) is 4.57 Å². The van der Waals surface area contributed by atoms with Gasteiger partial charge in [0.25, 0.3) is 0 Å². The molecular formula is C59H37N3. The zero-order valence-corrected chi connectivity index (χ0v) is 33.7. The fourth-order valence-electron chi connectivity index (χ4n) is 10.0. The third-order valence-corrected chi connectivity index (χ3v) is 12.9. The molecule has 13 aromatic rings. The number of aromatic nitrogens is 3. The molecule has 13 rings (SSSR count). The zero-order valence-electron chi connectivity index (χ0n) is 33.7. The van der Waals surface area contributed by atoms with Crippen LogP contribution < -0.4 is 0 Å². The second-order valence-corrected chi connectivity index (χ2v) is 16.3. The first-order valence-corrected chi connectivity index (χ1v) is 21.3. The summed E-state index contributed by atoms with van der Waals surface area (Å²) < 4.78 is 4.81. The van der Waals surface area contributed by atoms with Crippen LogP contribution in [0.2, 0.25) is 0 Å². The van der Waals surface area contributed by atoms with E-state index in [1.807, 2.05) is 0 Å². The van der Waals surface area contributed by atoms with Crippen LogP contribution in [0.5, 0.6) is 0 Å². The lowest BCUT2D eigenvalue weighted by molar-refractivity contribution is 1.08. The van der Waals surface area contributed by atoms with Gasteiger partial charge in [0.15, 0.2) is 0 Å². The van der Waals surface area contributed by atoms with E-state index in [0.29, 0.717) is 0 Å². The van der Waals surface area contributed by atoms with Crippen molar-refractivity contribution in [2.75, 3.05) is 0 Å². The number of fused-ring (bicyclic) bond motifs is 12. The topological polar surface area (TPSA) is 22.8 Å². The summed E-state index contributed by atoms with van der Waals surface area (Å²) in [5.74, 6) is 0.890. The summed E-state index contributed by atoms with van der Waals surface area (Å²) in [6.07, 6.45) is 0. The fraction of sp³-hybridized carbons (Fsp3) is 0. The number of pyridine rings is 1. The maximum Gasteiger partial charge on any atom is 0.138 e. The molecule has 0 bridgehead atoms. The Hall–Kier alpha value is -8.27. The van der Waals surface area contributed by atoms with Crippen molar-refractivity contribution in [3.8, 4) is 45.0 Å². The second kappa shape index (κ2) is 13.6. The molecule has 0 spiro atoms. The van der Waals surface area contributed by atoms with Crippen molar-refractivity contribution in [3.63, 3.8) is 0 Å². The molecule has 0 aliphatic heterocycles. The quantitative estimate of drug-likeness (QED) is 0.159. The molecule has 0 saturated carbocycles. The molecule has 288 valence electrons. The molecule has 3 nitrogen and oxygen atoms in total. The monoisotopic (exact) mass is 787 g/mol. The first-order valence-electron chi connectivity index (χ1n) is 21.3. The Morgan fingerprint density at radius 1 is 0.242 bits per heavy atom. The van der Waals surface area contributed by atoms with Gasteiger partial charge in [0.05, 0.1) is 27.8 Å². The van der Waals surface area contributed by atoms with Crippen molar-refractivity contribution in [3.05, 3.63) is 224 Å². The Bertz CT molecular complexity index is 3820. The zero-order chi connectivity index (χ0) is 40.7. The largest absolute Gasteiger partial charge is 0.309 e. The minimum Gasteiger partial charge on any atom is -0.309 e. The summed E-state index contributed by atoms with van der Waals surface area (Å²) >= 11 is 0. The first-order chi connectivity index (χ1) is 30.7. The Morgan fingerprint density at radius 3 is 1.27 bits per heavy atom. The van der Waals surface area contributed by atoms with Crippen LogP contribution >= 0.6 is 0 Å². The predicted molar refractivity (Wildman–Crippen MR) is 262 cm³/mol. The SMILES string of the molecule is c1ccc(-c2cc(-c3ccccc3)nc(-n3c4ccccc4c4ccc(-c5ccc6c7ccccc7n(-c7ccc8c9ccccc9c9ccccc9c8c7)c6c5)cc43)c2)cc1. The standard InChI is InChI=1S/C59H37N3/c1-3-15-38(16-4-1)42-33-54(39-17-5-2-6-18-39)60-59(36-42)62-56-26-14-12-24-50(56)52-31-28-41(35-58(52)62)40-27-30-51-49-23-11-13-25-55(49)61(57(51)34-40)43-29-32-48-46-21-8-7-19-44(46)45-20-9-10-22-47(45)53(48)37-43/h1-37H. The molecule has 62 heavy (non-hydrogen) atoms. The van der Waals surface area contributed by atoms with Crippen LogP contribution in [-0.4, -0.2) is 14.1 Å². The number of nitrogens with zero attached hydrogens (tertiary/aromatic N) is 3. The molecule has 10 aromatic carbocycles. The summed E-state index contributed by atoms with van der Waals surface area (Å²) in [6, 6.07) is 81.6. The van der Waals surface area contributed by atoms with E-state index in [1.165, 1.54) is 64.9 Å². The van der Waals surface area contributed by atoms with Gasteiger partial charge in [0.1, 0.15) is 5.82 Å². The van der Waals surface area contributed by atoms with E-state index in [1.54, 1.807) is 0 Å². The molecule has 0 aliphatic carbocycles. The number of benzene rings is 10. The van der Waals surface area contributed by atoms with E-state index < -0.39 is 0 Å². The van der Waals surface area contributed by atoms with Crippen LogP contribution in [0, 0.1) is 0 Å². The molecule has 0 fully saturated rings. The molecule has 0 saturated heterocycles. The van der Waals surface area contributed by atoms with Crippen molar-refractivity contribution in [2.24, 2.45) is 0 Å². The first kappa shape index (κ1) is 34.6. The van der Waals surface area contributed by atoms with Gasteiger partial charge in [-0.2, -0.15) is 0 Å². The van der Waals surface area contributed by atoms with E-state index in [2.05, 4.69) is 234 Å². The smallest absolute Gasteiger partial charge is 0.138 e. The van der Waals surface area contributed by atoms with Crippen molar-refractivity contribution in [1.82, 2.24) is 14.1 Å². The average molecular weight is 788 g/mol. The minimum atomic E-state index is 0.890. The average Bonchev–Trinajstić information content (AvgIpc) is 3.86. The van der Waals surface area contributed by atoms with Crippen LogP contribution in [0.25, 0.3) is 121 Å². The van der Waals surface area contributed by atoms with E-state index in [-0.39, 0.29) is 0 Å². The molecule has 3 heterocycles. The van der Waals surface area contributed by atoms with E-state index in [0.717, 1.165) is 56.0 Å². The fourth-order valence-corrected chi connectivity index (χ4v) is 10.0. The highest BCUT2D eigenvalue weighted by atomic mass is 15.1. The van der Waals surface area contributed by atoms with Crippen LogP contribution in [-0.2, 0) is 0 Å². The predicted octanol–water partition coefficient (Wildman–Crippen LogP) is 15.7. The van der Waals surface area contributed by atoms with Crippen LogP contribution in [0.15, 0.2) is 224 Å². The highest BCUT2D eigenvalue weighted by Crippen LogP contribution is 2.41. The van der Waals surface area contributed by atoms with E-state index in [9.17, 15) is 0 Å². The lowest BCUT2D eigenvalue weighted by atomic mass is 9.94. The van der Waals surface area contributed by atoms with Crippen molar-refractivity contribution >= 4 is 75.9 Å². The van der Waals surface area contributed by atoms with Gasteiger partial charge >= 0.3 is 0 Å². The summed E-state index contributed by atoms with van der Waals surface area (Å²) in [5, 5.41) is 12.5. The van der Waals surface area contributed by atoms with Gasteiger partial charge < -0.3 is 4.57 Å². The summed E-state index contributed by atoms with van der Waals surface area (Å²) in [7, 11) is 0. The summed E-state index contributed by atoms with van der Waals surface area (Å²) in [6.45, 7) is 0. The normalized spacial score (nSPS) is 11.9.